The fourth-order valence-electron chi connectivity index (χ4n) is 3.93. The van der Waals surface area contributed by atoms with Crippen molar-refractivity contribution in [1.29, 1.82) is 0 Å². The number of aliphatic imine (C=N–C) groups is 1. The van der Waals surface area contributed by atoms with Crippen molar-refractivity contribution in [2.75, 3.05) is 6.54 Å². The van der Waals surface area contributed by atoms with Crippen molar-refractivity contribution < 1.29 is 4.74 Å². The van der Waals surface area contributed by atoms with Gasteiger partial charge in [-0.1, -0.05) is 17.7 Å². The van der Waals surface area contributed by atoms with Crippen LogP contribution in [0.2, 0.25) is 5.02 Å². The smallest absolute Gasteiger partial charge is 0.216 e. The van der Waals surface area contributed by atoms with Crippen LogP contribution in [0, 0.1) is 17.8 Å². The summed E-state index contributed by atoms with van der Waals surface area (Å²) in [6.45, 7) is 0.938. The van der Waals surface area contributed by atoms with Crippen molar-refractivity contribution in [3.63, 3.8) is 0 Å². The Balaban J connectivity index is 1.63. The van der Waals surface area contributed by atoms with Crippen LogP contribution in [0.5, 0.6) is 0 Å². The van der Waals surface area contributed by atoms with E-state index >= 15 is 0 Å². The Morgan fingerprint density at radius 2 is 2.11 bits per heavy atom. The highest BCUT2D eigenvalue weighted by Crippen LogP contribution is 2.51. The van der Waals surface area contributed by atoms with Gasteiger partial charge in [-0.15, -0.1) is 0 Å². The van der Waals surface area contributed by atoms with Gasteiger partial charge in [-0.05, 0) is 49.3 Å². The first-order chi connectivity index (χ1) is 8.81. The summed E-state index contributed by atoms with van der Waals surface area (Å²) < 4.78 is 6.18. The van der Waals surface area contributed by atoms with Gasteiger partial charge in [0.05, 0.1) is 0 Å². The molecule has 4 atom stereocenters. The zero-order valence-electron chi connectivity index (χ0n) is 10.2. The molecule has 94 valence electrons. The summed E-state index contributed by atoms with van der Waals surface area (Å²) in [4.78, 5) is 4.64. The lowest BCUT2D eigenvalue weighted by molar-refractivity contribution is 0.0624. The van der Waals surface area contributed by atoms with Crippen molar-refractivity contribution in [2.24, 2.45) is 22.7 Å². The zero-order chi connectivity index (χ0) is 12.1. The minimum atomic E-state index is 0.412. The Morgan fingerprint density at radius 3 is 3.00 bits per heavy atom. The Kier molecular flexibility index (Phi) is 2.41. The summed E-state index contributed by atoms with van der Waals surface area (Å²) in [6, 6.07) is 7.80. The number of hydrogen-bond donors (Lipinski definition) is 0. The molecule has 4 rings (SSSR count). The molecule has 2 nitrogen and oxygen atoms in total. The normalized spacial score (nSPS) is 37.1. The first-order valence-corrected chi connectivity index (χ1v) is 7.16. The second-order valence-corrected chi connectivity index (χ2v) is 6.17. The summed E-state index contributed by atoms with van der Waals surface area (Å²) in [5.74, 6) is 3.10. The van der Waals surface area contributed by atoms with Gasteiger partial charge in [0, 0.05) is 23.0 Å². The van der Waals surface area contributed by atoms with Crippen LogP contribution < -0.4 is 0 Å². The monoisotopic (exact) mass is 261 g/mol. The SMILES string of the molecule is Clc1cccc(C2=NC[C@@H]3[C@H]4CC[C@H](C4)[C@@H]3O2)c1. The van der Waals surface area contributed by atoms with E-state index in [4.69, 9.17) is 16.3 Å². The van der Waals surface area contributed by atoms with Crippen LogP contribution in [0.1, 0.15) is 24.8 Å². The van der Waals surface area contributed by atoms with E-state index in [1.165, 1.54) is 19.3 Å². The molecular weight excluding hydrogens is 246 g/mol. The van der Waals surface area contributed by atoms with Gasteiger partial charge in [-0.2, -0.15) is 0 Å². The van der Waals surface area contributed by atoms with Crippen LogP contribution in [-0.2, 0) is 4.74 Å². The third-order valence-corrected chi connectivity index (χ3v) is 5.01. The maximum absolute atomic E-state index is 6.18. The van der Waals surface area contributed by atoms with E-state index in [-0.39, 0.29) is 0 Å². The summed E-state index contributed by atoms with van der Waals surface area (Å²) >= 11 is 6.03. The molecule has 1 heterocycles. The Morgan fingerprint density at radius 1 is 1.22 bits per heavy atom. The molecule has 2 aliphatic carbocycles. The third-order valence-electron chi connectivity index (χ3n) is 4.77. The highest BCUT2D eigenvalue weighted by Gasteiger charge is 2.50. The summed E-state index contributed by atoms with van der Waals surface area (Å²) in [7, 11) is 0. The van der Waals surface area contributed by atoms with Crippen LogP contribution >= 0.6 is 11.6 Å². The molecule has 1 aromatic rings. The van der Waals surface area contributed by atoms with E-state index in [0.29, 0.717) is 12.0 Å². The van der Waals surface area contributed by atoms with Crippen LogP contribution in [0.4, 0.5) is 0 Å². The second-order valence-electron chi connectivity index (χ2n) is 5.74. The highest BCUT2D eigenvalue weighted by molar-refractivity contribution is 6.30. The van der Waals surface area contributed by atoms with Crippen LogP contribution in [0.25, 0.3) is 0 Å². The lowest BCUT2D eigenvalue weighted by Gasteiger charge is -2.34. The van der Waals surface area contributed by atoms with Crippen molar-refractivity contribution >= 4 is 17.5 Å². The fraction of sp³-hybridized carbons (Fsp3) is 0.533. The number of rotatable bonds is 1. The van der Waals surface area contributed by atoms with Gasteiger partial charge < -0.3 is 4.74 Å². The predicted molar refractivity (Wildman–Crippen MR) is 72.1 cm³/mol. The van der Waals surface area contributed by atoms with Crippen molar-refractivity contribution in [2.45, 2.75) is 25.4 Å². The van der Waals surface area contributed by atoms with Crippen LogP contribution in [-0.4, -0.2) is 18.5 Å². The van der Waals surface area contributed by atoms with E-state index in [2.05, 4.69) is 4.99 Å². The van der Waals surface area contributed by atoms with Gasteiger partial charge in [-0.25, -0.2) is 0 Å². The van der Waals surface area contributed by atoms with Crippen LogP contribution in [0.15, 0.2) is 29.3 Å². The number of benzene rings is 1. The number of hydrogen-bond acceptors (Lipinski definition) is 2. The van der Waals surface area contributed by atoms with Gasteiger partial charge in [0.1, 0.15) is 6.10 Å². The number of nitrogens with zero attached hydrogens (tertiary/aromatic N) is 1. The molecule has 0 amide bonds. The Bertz CT molecular complexity index is 513. The predicted octanol–water partition coefficient (Wildman–Crippen LogP) is 3.53. The van der Waals surface area contributed by atoms with Crippen molar-refractivity contribution in [3.8, 4) is 0 Å². The quantitative estimate of drug-likeness (QED) is 0.758. The van der Waals surface area contributed by atoms with E-state index in [1.807, 2.05) is 24.3 Å². The number of ether oxygens (including phenoxy) is 1. The minimum Gasteiger partial charge on any atom is -0.473 e. The van der Waals surface area contributed by atoms with E-state index in [9.17, 15) is 0 Å². The van der Waals surface area contributed by atoms with E-state index in [1.54, 1.807) is 0 Å². The lowest BCUT2D eigenvalue weighted by Crippen LogP contribution is -2.38. The largest absolute Gasteiger partial charge is 0.473 e. The zero-order valence-corrected chi connectivity index (χ0v) is 10.9. The first kappa shape index (κ1) is 10.9. The minimum absolute atomic E-state index is 0.412. The molecule has 0 aromatic heterocycles. The maximum Gasteiger partial charge on any atom is 0.216 e. The second kappa shape index (κ2) is 3.99. The fourth-order valence-corrected chi connectivity index (χ4v) is 4.12. The summed E-state index contributed by atoms with van der Waals surface area (Å²) in [5, 5.41) is 0.744. The van der Waals surface area contributed by atoms with Crippen molar-refractivity contribution in [1.82, 2.24) is 0 Å². The number of fused-ring (bicyclic) bond motifs is 5. The average Bonchev–Trinajstić information content (AvgIpc) is 3.00. The molecule has 1 aromatic carbocycles. The molecule has 0 spiro atoms. The van der Waals surface area contributed by atoms with Gasteiger partial charge in [0.25, 0.3) is 0 Å². The van der Waals surface area contributed by atoms with E-state index in [0.717, 1.165) is 34.9 Å². The Hall–Kier alpha value is -1.02. The third kappa shape index (κ3) is 1.58. The molecule has 2 fully saturated rings. The maximum atomic E-state index is 6.18. The molecule has 0 saturated heterocycles. The summed E-state index contributed by atoms with van der Waals surface area (Å²) in [5.41, 5.74) is 1.02. The van der Waals surface area contributed by atoms with Gasteiger partial charge in [0.2, 0.25) is 5.90 Å². The standard InChI is InChI=1S/C15H16ClNO/c16-12-3-1-2-11(7-12)15-17-8-13-9-4-5-10(6-9)14(13)18-15/h1-3,7,9-10,13-14H,4-6,8H2/t9-,10+,13+,14-/m0/s1. The van der Waals surface area contributed by atoms with Crippen LogP contribution in [0.3, 0.4) is 0 Å². The molecule has 3 aliphatic rings. The van der Waals surface area contributed by atoms with Gasteiger partial charge in [-0.3, -0.25) is 4.99 Å². The molecule has 2 bridgehead atoms. The molecular formula is C15H16ClNO. The Labute approximate surface area is 112 Å². The van der Waals surface area contributed by atoms with Gasteiger partial charge >= 0.3 is 0 Å². The molecule has 0 unspecified atom stereocenters. The molecule has 1 aliphatic heterocycles. The molecule has 0 N–H and O–H groups in total. The molecule has 2 saturated carbocycles. The molecule has 3 heteroatoms. The lowest BCUT2D eigenvalue weighted by atomic mass is 9.85. The summed E-state index contributed by atoms with van der Waals surface area (Å²) in [6.07, 6.45) is 4.50. The van der Waals surface area contributed by atoms with Gasteiger partial charge in [0.15, 0.2) is 0 Å². The molecule has 0 radical (unpaired) electrons. The van der Waals surface area contributed by atoms with Crippen molar-refractivity contribution in [3.05, 3.63) is 34.9 Å². The average molecular weight is 262 g/mol. The number of halogens is 1. The first-order valence-electron chi connectivity index (χ1n) is 6.78. The topological polar surface area (TPSA) is 21.6 Å². The highest BCUT2D eigenvalue weighted by atomic mass is 35.5. The van der Waals surface area contributed by atoms with E-state index < -0.39 is 0 Å². The molecule has 18 heavy (non-hydrogen) atoms.